The van der Waals surface area contributed by atoms with Crippen LogP contribution >= 0.6 is 11.6 Å². The minimum atomic E-state index is -0.568. The Morgan fingerprint density at radius 2 is 1.57 bits per heavy atom. The van der Waals surface area contributed by atoms with Gasteiger partial charge < -0.3 is 10.6 Å². The van der Waals surface area contributed by atoms with Crippen molar-refractivity contribution >= 4 is 28.9 Å². The first-order valence-electron chi connectivity index (χ1n) is 8.71. The van der Waals surface area contributed by atoms with Crippen LogP contribution in [0.2, 0.25) is 5.02 Å². The maximum Gasteiger partial charge on any atom is 0.294 e. The van der Waals surface area contributed by atoms with Crippen molar-refractivity contribution < 1.29 is 15.0 Å². The average molecular weight is 397 g/mol. The van der Waals surface area contributed by atoms with E-state index in [1.165, 1.54) is 18.2 Å². The highest BCUT2D eigenvalue weighted by molar-refractivity contribution is 6.31. The molecule has 3 aromatic rings. The zero-order chi connectivity index (χ0) is 19.9. The van der Waals surface area contributed by atoms with E-state index < -0.39 is 4.92 Å². The molecule has 0 radical (unpaired) electrons. The zero-order valence-corrected chi connectivity index (χ0v) is 15.7. The van der Waals surface area contributed by atoms with E-state index in [0.717, 1.165) is 11.1 Å². The highest BCUT2D eigenvalue weighted by Gasteiger charge is 2.21. The first kappa shape index (κ1) is 19.5. The van der Waals surface area contributed by atoms with Gasteiger partial charge in [-0.2, -0.15) is 0 Å². The van der Waals surface area contributed by atoms with Gasteiger partial charge in [0.15, 0.2) is 6.54 Å². The number of nitro groups is 1. The van der Waals surface area contributed by atoms with Crippen molar-refractivity contribution in [3.63, 3.8) is 0 Å². The van der Waals surface area contributed by atoms with E-state index in [1.807, 2.05) is 66.0 Å². The van der Waals surface area contributed by atoms with Gasteiger partial charge in [0, 0.05) is 22.2 Å². The van der Waals surface area contributed by atoms with Crippen LogP contribution < -0.4 is 10.6 Å². The fraction of sp³-hybridized carbons (Fsp3) is 0.0952. The normalized spacial score (nSPS) is 10.6. The predicted octanol–water partition coefficient (Wildman–Crippen LogP) is 3.54. The Balaban J connectivity index is 1.74. The van der Waals surface area contributed by atoms with Crippen molar-refractivity contribution in [2.24, 2.45) is 0 Å². The number of carbonyl (C=O) groups excluding carboxylic acids is 1. The van der Waals surface area contributed by atoms with E-state index in [2.05, 4.69) is 5.32 Å². The number of nitrogens with one attached hydrogen (secondary N) is 1. The van der Waals surface area contributed by atoms with E-state index in [9.17, 15) is 14.9 Å². The summed E-state index contributed by atoms with van der Waals surface area (Å²) in [5, 5.41) is 15.9. The Morgan fingerprint density at radius 3 is 2.11 bits per heavy atom. The summed E-state index contributed by atoms with van der Waals surface area (Å²) in [6.07, 6.45) is 0. The zero-order valence-electron chi connectivity index (χ0n) is 14.9. The number of carbonyl (C=O) groups is 1. The molecule has 0 fully saturated rings. The van der Waals surface area contributed by atoms with Crippen molar-refractivity contribution in [2.75, 3.05) is 11.9 Å². The number of hydrogen-bond donors (Lipinski definition) is 2. The Morgan fingerprint density at radius 1 is 1.00 bits per heavy atom. The molecule has 0 aromatic heterocycles. The summed E-state index contributed by atoms with van der Waals surface area (Å²) in [6.45, 7) is 0.105. The molecule has 0 heterocycles. The van der Waals surface area contributed by atoms with Crippen molar-refractivity contribution in [1.29, 1.82) is 0 Å². The number of quaternary nitrogens is 1. The molecule has 0 saturated carbocycles. The minimum absolute atomic E-state index is 0.0617. The van der Waals surface area contributed by atoms with Gasteiger partial charge in [-0.15, -0.1) is 0 Å². The summed E-state index contributed by atoms with van der Waals surface area (Å²) < 4.78 is 0. The first-order chi connectivity index (χ1) is 13.5. The second kappa shape index (κ2) is 9.12. The summed E-state index contributed by atoms with van der Waals surface area (Å²) in [4.78, 5) is 23.1. The summed E-state index contributed by atoms with van der Waals surface area (Å²) in [5.74, 6) is -0.331. The molecule has 0 atom stereocenters. The SMILES string of the molecule is O=C(C[NH2+]C(c1ccccc1)c1ccccc1)Nc1ccc(Cl)cc1[N+](=O)[O-]. The largest absolute Gasteiger partial charge is 0.328 e. The third-order valence-corrected chi connectivity index (χ3v) is 4.52. The Hall–Kier alpha value is -3.22. The summed E-state index contributed by atoms with van der Waals surface area (Å²) in [6, 6.07) is 23.8. The van der Waals surface area contributed by atoms with Gasteiger partial charge in [0.1, 0.15) is 11.7 Å². The number of benzene rings is 3. The molecule has 3 rings (SSSR count). The predicted molar refractivity (Wildman–Crippen MR) is 108 cm³/mol. The van der Waals surface area contributed by atoms with Crippen molar-refractivity contribution in [3.8, 4) is 0 Å². The lowest BCUT2D eigenvalue weighted by atomic mass is 9.99. The molecular weight excluding hydrogens is 378 g/mol. The van der Waals surface area contributed by atoms with Gasteiger partial charge in [-0.3, -0.25) is 14.9 Å². The van der Waals surface area contributed by atoms with Crippen LogP contribution in [0.3, 0.4) is 0 Å². The van der Waals surface area contributed by atoms with Gasteiger partial charge in [-0.1, -0.05) is 72.3 Å². The highest BCUT2D eigenvalue weighted by Crippen LogP contribution is 2.27. The molecule has 6 nitrogen and oxygen atoms in total. The molecule has 28 heavy (non-hydrogen) atoms. The monoisotopic (exact) mass is 396 g/mol. The quantitative estimate of drug-likeness (QED) is 0.473. The third kappa shape index (κ3) is 4.94. The lowest BCUT2D eigenvalue weighted by Crippen LogP contribution is -2.87. The molecule has 0 aliphatic carbocycles. The van der Waals surface area contributed by atoms with E-state index >= 15 is 0 Å². The first-order valence-corrected chi connectivity index (χ1v) is 9.09. The lowest BCUT2D eigenvalue weighted by molar-refractivity contribution is -0.676. The third-order valence-electron chi connectivity index (χ3n) is 4.29. The van der Waals surface area contributed by atoms with Gasteiger partial charge in [0.25, 0.3) is 11.6 Å². The van der Waals surface area contributed by atoms with E-state index in [1.54, 1.807) is 0 Å². The van der Waals surface area contributed by atoms with Crippen LogP contribution in [0.25, 0.3) is 0 Å². The molecule has 0 spiro atoms. The second-order valence-corrected chi connectivity index (χ2v) is 6.64. The van der Waals surface area contributed by atoms with Gasteiger partial charge in [-0.25, -0.2) is 0 Å². The van der Waals surface area contributed by atoms with Crippen LogP contribution in [-0.4, -0.2) is 17.4 Å². The summed E-state index contributed by atoms with van der Waals surface area (Å²) in [7, 11) is 0. The van der Waals surface area contributed by atoms with Gasteiger partial charge in [-0.05, 0) is 12.1 Å². The molecule has 0 aliphatic heterocycles. The molecule has 3 aromatic carbocycles. The molecule has 0 saturated heterocycles. The fourth-order valence-corrected chi connectivity index (χ4v) is 3.14. The molecule has 7 heteroatoms. The number of nitrogens with zero attached hydrogens (tertiary/aromatic N) is 1. The fourth-order valence-electron chi connectivity index (χ4n) is 2.97. The van der Waals surface area contributed by atoms with Crippen molar-refractivity contribution in [3.05, 3.63) is 105 Å². The molecule has 3 N–H and O–H groups in total. The number of nitrogens with two attached hydrogens (primary N) is 1. The molecule has 1 amide bonds. The lowest BCUT2D eigenvalue weighted by Gasteiger charge is -2.16. The molecule has 0 aliphatic rings. The van der Waals surface area contributed by atoms with Crippen molar-refractivity contribution in [1.82, 2.24) is 0 Å². The van der Waals surface area contributed by atoms with Crippen LogP contribution in [0, 0.1) is 10.1 Å². The molecular formula is C21H19ClN3O3+. The maximum atomic E-state index is 12.4. The van der Waals surface area contributed by atoms with Crippen molar-refractivity contribution in [2.45, 2.75) is 6.04 Å². The number of amides is 1. The maximum absolute atomic E-state index is 12.4. The molecule has 0 bridgehead atoms. The molecule has 142 valence electrons. The Kier molecular flexibility index (Phi) is 6.37. The number of rotatable bonds is 7. The number of halogens is 1. The van der Waals surface area contributed by atoms with Crippen LogP contribution in [0.15, 0.2) is 78.9 Å². The van der Waals surface area contributed by atoms with E-state index in [0.29, 0.717) is 0 Å². The van der Waals surface area contributed by atoms with Crippen LogP contribution in [-0.2, 0) is 4.79 Å². The average Bonchev–Trinajstić information content (AvgIpc) is 2.71. The standard InChI is InChI=1S/C21H18ClN3O3/c22-17-11-12-18(19(13-17)25(27)28)24-20(26)14-23-21(15-7-3-1-4-8-15)16-9-5-2-6-10-16/h1-13,21,23H,14H2,(H,24,26)/p+1. The minimum Gasteiger partial charge on any atom is -0.328 e. The number of anilines is 1. The number of hydrogen-bond acceptors (Lipinski definition) is 3. The van der Waals surface area contributed by atoms with Gasteiger partial charge >= 0.3 is 0 Å². The topological polar surface area (TPSA) is 88.8 Å². The Bertz CT molecular complexity index is 926. The van der Waals surface area contributed by atoms with Crippen LogP contribution in [0.5, 0.6) is 0 Å². The van der Waals surface area contributed by atoms with Gasteiger partial charge in [0.05, 0.1) is 4.92 Å². The Labute approximate surface area is 167 Å². The smallest absolute Gasteiger partial charge is 0.294 e. The number of nitro benzene ring substituents is 1. The highest BCUT2D eigenvalue weighted by atomic mass is 35.5. The summed E-state index contributed by atoms with van der Waals surface area (Å²) in [5.41, 5.74) is 2.03. The van der Waals surface area contributed by atoms with E-state index in [-0.39, 0.29) is 34.9 Å². The summed E-state index contributed by atoms with van der Waals surface area (Å²) >= 11 is 5.81. The van der Waals surface area contributed by atoms with Gasteiger partial charge in [0.2, 0.25) is 0 Å². The van der Waals surface area contributed by atoms with Crippen LogP contribution in [0.1, 0.15) is 17.2 Å². The second-order valence-electron chi connectivity index (χ2n) is 6.21. The molecule has 0 unspecified atom stereocenters. The van der Waals surface area contributed by atoms with E-state index in [4.69, 9.17) is 11.6 Å². The van der Waals surface area contributed by atoms with Crippen LogP contribution in [0.4, 0.5) is 11.4 Å².